The Hall–Kier alpha value is -2.38. The molecule has 2 aromatic rings. The number of carbonyl (C=O) groups is 1. The van der Waals surface area contributed by atoms with Gasteiger partial charge in [0, 0.05) is 7.05 Å². The van der Waals surface area contributed by atoms with E-state index in [-0.39, 0.29) is 11.4 Å². The Morgan fingerprint density at radius 3 is 2.58 bits per heavy atom. The van der Waals surface area contributed by atoms with Crippen molar-refractivity contribution in [1.82, 2.24) is 15.0 Å². The van der Waals surface area contributed by atoms with Crippen molar-refractivity contribution in [3.8, 4) is 0 Å². The minimum Gasteiger partial charge on any atom is -0.320 e. The second-order valence-electron chi connectivity index (χ2n) is 3.77. The third kappa shape index (κ3) is 2.90. The molecule has 1 aromatic carbocycles. The molecule has 0 spiro atoms. The van der Waals surface area contributed by atoms with E-state index in [0.29, 0.717) is 0 Å². The van der Waals surface area contributed by atoms with Gasteiger partial charge in [-0.2, -0.15) is 13.2 Å². The van der Waals surface area contributed by atoms with Gasteiger partial charge in [-0.3, -0.25) is 9.48 Å². The molecular weight excluding hydrogens is 261 g/mol. The van der Waals surface area contributed by atoms with Crippen LogP contribution in [0.15, 0.2) is 30.5 Å². The number of anilines is 1. The summed E-state index contributed by atoms with van der Waals surface area (Å²) in [7, 11) is 1.55. The molecule has 0 radical (unpaired) electrons. The van der Waals surface area contributed by atoms with E-state index in [1.807, 2.05) is 0 Å². The Morgan fingerprint density at radius 1 is 1.32 bits per heavy atom. The molecule has 1 N–H and O–H groups in total. The number of hydrogen-bond donors (Lipinski definition) is 1. The molecule has 19 heavy (non-hydrogen) atoms. The Bertz CT molecular complexity index is 606. The van der Waals surface area contributed by atoms with Crippen molar-refractivity contribution in [3.63, 3.8) is 0 Å². The van der Waals surface area contributed by atoms with Gasteiger partial charge in [-0.05, 0) is 12.1 Å². The lowest BCUT2D eigenvalue weighted by molar-refractivity contribution is -0.136. The standard InChI is InChI=1S/C11H9F3N4O/c1-18-6-9(16-17-18)10(19)15-8-5-3-2-4-7(8)11(12,13)14/h2-6H,1H3,(H,15,19). The highest BCUT2D eigenvalue weighted by atomic mass is 19.4. The van der Waals surface area contributed by atoms with Crippen LogP contribution in [-0.2, 0) is 13.2 Å². The minimum atomic E-state index is -4.54. The lowest BCUT2D eigenvalue weighted by atomic mass is 10.1. The molecule has 0 bridgehead atoms. The lowest BCUT2D eigenvalue weighted by Gasteiger charge is -2.12. The van der Waals surface area contributed by atoms with Crippen molar-refractivity contribution in [2.75, 3.05) is 5.32 Å². The topological polar surface area (TPSA) is 59.8 Å². The first-order valence-corrected chi connectivity index (χ1v) is 5.22. The first kappa shape index (κ1) is 13.1. The van der Waals surface area contributed by atoms with E-state index in [1.165, 1.54) is 29.1 Å². The van der Waals surface area contributed by atoms with Crippen molar-refractivity contribution in [2.45, 2.75) is 6.18 Å². The largest absolute Gasteiger partial charge is 0.418 e. The molecule has 0 fully saturated rings. The van der Waals surface area contributed by atoms with Crippen LogP contribution in [0.1, 0.15) is 16.1 Å². The van der Waals surface area contributed by atoms with Crippen LogP contribution in [0, 0.1) is 0 Å². The highest BCUT2D eigenvalue weighted by molar-refractivity contribution is 6.03. The molecule has 8 heteroatoms. The number of carbonyl (C=O) groups excluding carboxylic acids is 1. The molecule has 0 unspecified atom stereocenters. The van der Waals surface area contributed by atoms with E-state index in [2.05, 4.69) is 15.6 Å². The molecule has 0 saturated carbocycles. The maximum Gasteiger partial charge on any atom is 0.418 e. The molecule has 0 aliphatic carbocycles. The fourth-order valence-electron chi connectivity index (χ4n) is 1.48. The van der Waals surface area contributed by atoms with E-state index in [4.69, 9.17) is 0 Å². The number of halogens is 3. The summed E-state index contributed by atoms with van der Waals surface area (Å²) >= 11 is 0. The summed E-state index contributed by atoms with van der Waals surface area (Å²) in [4.78, 5) is 11.7. The van der Waals surface area contributed by atoms with Crippen molar-refractivity contribution in [2.24, 2.45) is 7.05 Å². The van der Waals surface area contributed by atoms with Gasteiger partial charge in [0.2, 0.25) is 0 Å². The summed E-state index contributed by atoms with van der Waals surface area (Å²) in [5.74, 6) is -0.746. The van der Waals surface area contributed by atoms with Crippen molar-refractivity contribution < 1.29 is 18.0 Å². The molecule has 1 heterocycles. The molecule has 0 atom stereocenters. The van der Waals surface area contributed by atoms with Gasteiger partial charge < -0.3 is 5.32 Å². The maximum absolute atomic E-state index is 12.7. The average Bonchev–Trinajstić information content (AvgIpc) is 2.75. The molecule has 1 aromatic heterocycles. The van der Waals surface area contributed by atoms with Gasteiger partial charge in [-0.25, -0.2) is 0 Å². The fourth-order valence-corrected chi connectivity index (χ4v) is 1.48. The fraction of sp³-hybridized carbons (Fsp3) is 0.182. The number of aromatic nitrogens is 3. The number of benzene rings is 1. The summed E-state index contributed by atoms with van der Waals surface area (Å²) in [5, 5.41) is 9.23. The molecular formula is C11H9F3N4O. The summed E-state index contributed by atoms with van der Waals surface area (Å²) in [6.07, 6.45) is -3.22. The van der Waals surface area contributed by atoms with E-state index in [9.17, 15) is 18.0 Å². The van der Waals surface area contributed by atoms with Crippen LogP contribution >= 0.6 is 0 Å². The van der Waals surface area contributed by atoms with Gasteiger partial charge in [-0.15, -0.1) is 5.10 Å². The number of amides is 1. The van der Waals surface area contributed by atoms with Crippen LogP contribution in [-0.4, -0.2) is 20.9 Å². The zero-order chi connectivity index (χ0) is 14.0. The number of alkyl halides is 3. The summed E-state index contributed by atoms with van der Waals surface area (Å²) in [5.41, 5.74) is -1.28. The Kier molecular flexibility index (Phi) is 3.24. The monoisotopic (exact) mass is 270 g/mol. The van der Waals surface area contributed by atoms with E-state index in [0.717, 1.165) is 6.07 Å². The number of rotatable bonds is 2. The van der Waals surface area contributed by atoms with Gasteiger partial charge in [0.05, 0.1) is 17.4 Å². The summed E-state index contributed by atoms with van der Waals surface area (Å²) in [6.45, 7) is 0. The smallest absolute Gasteiger partial charge is 0.320 e. The van der Waals surface area contributed by atoms with Crippen LogP contribution in [0.4, 0.5) is 18.9 Å². The van der Waals surface area contributed by atoms with Gasteiger partial charge in [0.25, 0.3) is 5.91 Å². The number of nitrogens with one attached hydrogen (secondary N) is 1. The lowest BCUT2D eigenvalue weighted by Crippen LogP contribution is -2.17. The molecule has 0 aliphatic rings. The molecule has 100 valence electrons. The number of hydrogen-bond acceptors (Lipinski definition) is 3. The second kappa shape index (κ2) is 4.71. The first-order chi connectivity index (χ1) is 8.88. The van der Waals surface area contributed by atoms with Gasteiger partial charge >= 0.3 is 6.18 Å². The van der Waals surface area contributed by atoms with E-state index < -0.39 is 17.6 Å². The van der Waals surface area contributed by atoms with Gasteiger partial charge in [0.1, 0.15) is 0 Å². The molecule has 5 nitrogen and oxygen atoms in total. The van der Waals surface area contributed by atoms with Crippen molar-refractivity contribution in [1.29, 1.82) is 0 Å². The predicted octanol–water partition coefficient (Wildman–Crippen LogP) is 2.09. The highest BCUT2D eigenvalue weighted by Gasteiger charge is 2.33. The zero-order valence-electron chi connectivity index (χ0n) is 9.77. The quantitative estimate of drug-likeness (QED) is 0.909. The maximum atomic E-state index is 12.7. The third-order valence-electron chi connectivity index (χ3n) is 2.32. The molecule has 0 aliphatic heterocycles. The minimum absolute atomic E-state index is 0.0560. The normalized spacial score (nSPS) is 11.4. The summed E-state index contributed by atoms with van der Waals surface area (Å²) in [6, 6.07) is 4.73. The molecule has 2 rings (SSSR count). The molecule has 0 saturated heterocycles. The van der Waals surface area contributed by atoms with Crippen molar-refractivity contribution in [3.05, 3.63) is 41.7 Å². The third-order valence-corrected chi connectivity index (χ3v) is 2.32. The van der Waals surface area contributed by atoms with Crippen LogP contribution in [0.5, 0.6) is 0 Å². The number of nitrogens with zero attached hydrogens (tertiary/aromatic N) is 3. The van der Waals surface area contributed by atoms with Crippen LogP contribution in [0.2, 0.25) is 0 Å². The Morgan fingerprint density at radius 2 is 2.00 bits per heavy atom. The Labute approximate surface area is 106 Å². The van der Waals surface area contributed by atoms with E-state index in [1.54, 1.807) is 7.05 Å². The number of aryl methyl sites for hydroxylation is 1. The average molecular weight is 270 g/mol. The SMILES string of the molecule is Cn1cc(C(=O)Nc2ccccc2C(F)(F)F)nn1. The first-order valence-electron chi connectivity index (χ1n) is 5.22. The van der Waals surface area contributed by atoms with Crippen LogP contribution in [0.3, 0.4) is 0 Å². The summed E-state index contributed by atoms with van der Waals surface area (Å²) < 4.78 is 39.4. The van der Waals surface area contributed by atoms with Gasteiger partial charge in [0.15, 0.2) is 5.69 Å². The second-order valence-corrected chi connectivity index (χ2v) is 3.77. The number of para-hydroxylation sites is 1. The molecule has 1 amide bonds. The van der Waals surface area contributed by atoms with E-state index >= 15 is 0 Å². The van der Waals surface area contributed by atoms with Crippen LogP contribution in [0.25, 0.3) is 0 Å². The van der Waals surface area contributed by atoms with Crippen molar-refractivity contribution >= 4 is 11.6 Å². The Balaban J connectivity index is 2.27. The van der Waals surface area contributed by atoms with Gasteiger partial charge in [-0.1, -0.05) is 17.3 Å². The predicted molar refractivity (Wildman–Crippen MR) is 60.4 cm³/mol. The highest BCUT2D eigenvalue weighted by Crippen LogP contribution is 2.34. The van der Waals surface area contributed by atoms with Crippen LogP contribution < -0.4 is 5.32 Å². The zero-order valence-corrected chi connectivity index (χ0v) is 9.77.